The lowest BCUT2D eigenvalue weighted by atomic mass is 10.1. The number of anilines is 1. The number of benzene rings is 1. The zero-order valence-corrected chi connectivity index (χ0v) is 10.4. The Morgan fingerprint density at radius 1 is 1.06 bits per heavy atom. The van der Waals surface area contributed by atoms with Crippen LogP contribution in [0.4, 0.5) is 5.69 Å². The lowest BCUT2D eigenvalue weighted by Crippen LogP contribution is -2.02. The van der Waals surface area contributed by atoms with Crippen LogP contribution in [-0.2, 0) is 13.0 Å². The van der Waals surface area contributed by atoms with E-state index in [1.807, 2.05) is 19.2 Å². The molecule has 88 valence electrons. The fourth-order valence-corrected chi connectivity index (χ4v) is 1.84. The van der Waals surface area contributed by atoms with Crippen molar-refractivity contribution in [3.05, 3.63) is 59.4 Å². The second kappa shape index (κ2) is 5.48. The third-order valence-electron chi connectivity index (χ3n) is 2.89. The van der Waals surface area contributed by atoms with Gasteiger partial charge >= 0.3 is 0 Å². The number of nitrogens with zero attached hydrogens (tertiary/aromatic N) is 1. The molecule has 0 fully saturated rings. The molecule has 0 spiro atoms. The number of hydrogen-bond donors (Lipinski definition) is 1. The number of aromatic nitrogens is 1. The maximum Gasteiger partial charge on any atom is 0.0529 e. The van der Waals surface area contributed by atoms with E-state index in [1.54, 1.807) is 0 Å². The molecule has 2 aromatic rings. The van der Waals surface area contributed by atoms with E-state index in [9.17, 15) is 0 Å². The lowest BCUT2D eigenvalue weighted by Gasteiger charge is -2.10. The zero-order valence-electron chi connectivity index (χ0n) is 10.4. The standard InChI is InChI=1S/C15H18N2/c1-3-13-6-4-5-7-14(13)10-17-15-9-8-12(2)16-11-15/h4-9,11,17H,3,10H2,1-2H3. The number of rotatable bonds is 4. The van der Waals surface area contributed by atoms with Gasteiger partial charge in [0.05, 0.1) is 11.9 Å². The summed E-state index contributed by atoms with van der Waals surface area (Å²) in [6, 6.07) is 12.6. The molecule has 0 saturated carbocycles. The molecule has 0 atom stereocenters. The molecule has 1 aromatic carbocycles. The Kier molecular flexibility index (Phi) is 3.76. The molecule has 2 nitrogen and oxygen atoms in total. The van der Waals surface area contributed by atoms with E-state index in [1.165, 1.54) is 11.1 Å². The molecule has 1 heterocycles. The van der Waals surface area contributed by atoms with Crippen LogP contribution in [0.2, 0.25) is 0 Å². The van der Waals surface area contributed by atoms with Crippen LogP contribution >= 0.6 is 0 Å². The normalized spacial score (nSPS) is 10.2. The molecule has 17 heavy (non-hydrogen) atoms. The zero-order chi connectivity index (χ0) is 12.1. The maximum absolute atomic E-state index is 4.27. The molecule has 0 saturated heterocycles. The summed E-state index contributed by atoms with van der Waals surface area (Å²) in [5.41, 5.74) is 4.88. The average Bonchev–Trinajstić information content (AvgIpc) is 2.38. The van der Waals surface area contributed by atoms with Crippen molar-refractivity contribution in [2.45, 2.75) is 26.8 Å². The van der Waals surface area contributed by atoms with E-state index in [2.05, 4.69) is 47.6 Å². The highest BCUT2D eigenvalue weighted by Gasteiger charge is 1.99. The molecule has 2 heteroatoms. The third kappa shape index (κ3) is 3.06. The van der Waals surface area contributed by atoms with E-state index in [0.29, 0.717) is 0 Å². The highest BCUT2D eigenvalue weighted by molar-refractivity contribution is 5.42. The van der Waals surface area contributed by atoms with Gasteiger partial charge in [-0.3, -0.25) is 4.98 Å². The van der Waals surface area contributed by atoms with Gasteiger partial charge in [-0.15, -0.1) is 0 Å². The fourth-order valence-electron chi connectivity index (χ4n) is 1.84. The van der Waals surface area contributed by atoms with Crippen LogP contribution in [0.3, 0.4) is 0 Å². The second-order valence-corrected chi connectivity index (χ2v) is 4.16. The van der Waals surface area contributed by atoms with E-state index >= 15 is 0 Å². The summed E-state index contributed by atoms with van der Waals surface area (Å²) in [6.07, 6.45) is 2.95. The minimum atomic E-state index is 0.856. The topological polar surface area (TPSA) is 24.9 Å². The van der Waals surface area contributed by atoms with Gasteiger partial charge in [0.15, 0.2) is 0 Å². The summed E-state index contributed by atoms with van der Waals surface area (Å²) in [7, 11) is 0. The Bertz CT molecular complexity index is 475. The predicted octanol–water partition coefficient (Wildman–Crippen LogP) is 3.56. The minimum absolute atomic E-state index is 0.856. The summed E-state index contributed by atoms with van der Waals surface area (Å²) < 4.78 is 0. The Balaban J connectivity index is 2.04. The highest BCUT2D eigenvalue weighted by atomic mass is 14.9. The molecule has 0 amide bonds. The van der Waals surface area contributed by atoms with Crippen molar-refractivity contribution in [2.75, 3.05) is 5.32 Å². The number of nitrogens with one attached hydrogen (secondary N) is 1. The summed E-state index contributed by atoms with van der Waals surface area (Å²) in [4.78, 5) is 4.27. The second-order valence-electron chi connectivity index (χ2n) is 4.16. The first kappa shape index (κ1) is 11.6. The minimum Gasteiger partial charge on any atom is -0.380 e. The third-order valence-corrected chi connectivity index (χ3v) is 2.89. The number of hydrogen-bond acceptors (Lipinski definition) is 2. The maximum atomic E-state index is 4.27. The van der Waals surface area contributed by atoms with Gasteiger partial charge in [-0.25, -0.2) is 0 Å². The van der Waals surface area contributed by atoms with Crippen LogP contribution in [0, 0.1) is 6.92 Å². The van der Waals surface area contributed by atoms with E-state index < -0.39 is 0 Å². The van der Waals surface area contributed by atoms with Crippen LogP contribution in [0.15, 0.2) is 42.6 Å². The fraction of sp³-hybridized carbons (Fsp3) is 0.267. The quantitative estimate of drug-likeness (QED) is 0.862. The van der Waals surface area contributed by atoms with Crippen molar-refractivity contribution in [2.24, 2.45) is 0 Å². The average molecular weight is 226 g/mol. The van der Waals surface area contributed by atoms with Crippen molar-refractivity contribution in [3.8, 4) is 0 Å². The number of pyridine rings is 1. The molecule has 0 unspecified atom stereocenters. The van der Waals surface area contributed by atoms with Crippen LogP contribution in [0.1, 0.15) is 23.7 Å². The lowest BCUT2D eigenvalue weighted by molar-refractivity contribution is 1.04. The SMILES string of the molecule is CCc1ccccc1CNc1ccc(C)nc1. The monoisotopic (exact) mass is 226 g/mol. The van der Waals surface area contributed by atoms with Crippen molar-refractivity contribution < 1.29 is 0 Å². The van der Waals surface area contributed by atoms with Gasteiger partial charge in [-0.2, -0.15) is 0 Å². The van der Waals surface area contributed by atoms with Crippen LogP contribution in [0.25, 0.3) is 0 Å². The number of aryl methyl sites for hydroxylation is 2. The molecule has 0 radical (unpaired) electrons. The van der Waals surface area contributed by atoms with E-state index in [-0.39, 0.29) is 0 Å². The van der Waals surface area contributed by atoms with E-state index in [4.69, 9.17) is 0 Å². The van der Waals surface area contributed by atoms with Gasteiger partial charge < -0.3 is 5.32 Å². The van der Waals surface area contributed by atoms with Crippen molar-refractivity contribution in [3.63, 3.8) is 0 Å². The van der Waals surface area contributed by atoms with Gasteiger partial charge in [0.1, 0.15) is 0 Å². The summed E-state index contributed by atoms with van der Waals surface area (Å²) in [5.74, 6) is 0. The largest absolute Gasteiger partial charge is 0.380 e. The molecule has 0 aliphatic rings. The van der Waals surface area contributed by atoms with Crippen LogP contribution in [0.5, 0.6) is 0 Å². The molecule has 0 aliphatic carbocycles. The van der Waals surface area contributed by atoms with Crippen LogP contribution in [-0.4, -0.2) is 4.98 Å². The van der Waals surface area contributed by atoms with Crippen molar-refractivity contribution in [1.82, 2.24) is 4.98 Å². The van der Waals surface area contributed by atoms with Gasteiger partial charge in [0.2, 0.25) is 0 Å². The molecule has 1 N–H and O–H groups in total. The van der Waals surface area contributed by atoms with Gasteiger partial charge in [-0.1, -0.05) is 31.2 Å². The Hall–Kier alpha value is -1.83. The van der Waals surface area contributed by atoms with E-state index in [0.717, 1.165) is 24.3 Å². The molecular formula is C15H18N2. The molecule has 2 rings (SSSR count). The first-order valence-corrected chi connectivity index (χ1v) is 6.03. The molecule has 1 aromatic heterocycles. The van der Waals surface area contributed by atoms with Crippen molar-refractivity contribution >= 4 is 5.69 Å². The first-order chi connectivity index (χ1) is 8.29. The Morgan fingerprint density at radius 2 is 1.82 bits per heavy atom. The van der Waals surface area contributed by atoms with Gasteiger partial charge in [0, 0.05) is 12.2 Å². The van der Waals surface area contributed by atoms with Gasteiger partial charge in [0.25, 0.3) is 0 Å². The van der Waals surface area contributed by atoms with Gasteiger partial charge in [-0.05, 0) is 36.6 Å². The Labute approximate surface area is 103 Å². The smallest absolute Gasteiger partial charge is 0.0529 e. The van der Waals surface area contributed by atoms with Crippen molar-refractivity contribution in [1.29, 1.82) is 0 Å². The Morgan fingerprint density at radius 3 is 2.47 bits per heavy atom. The van der Waals surface area contributed by atoms with Crippen LogP contribution < -0.4 is 5.32 Å². The molecule has 0 aliphatic heterocycles. The first-order valence-electron chi connectivity index (χ1n) is 6.03. The summed E-state index contributed by atoms with van der Waals surface area (Å²) in [5, 5.41) is 3.40. The summed E-state index contributed by atoms with van der Waals surface area (Å²) >= 11 is 0. The summed E-state index contributed by atoms with van der Waals surface area (Å²) in [6.45, 7) is 5.04. The molecule has 0 bridgehead atoms. The molecular weight excluding hydrogens is 208 g/mol. The highest BCUT2D eigenvalue weighted by Crippen LogP contribution is 2.12. The predicted molar refractivity (Wildman–Crippen MR) is 72.1 cm³/mol.